The number of nitrogens with zero attached hydrogens (tertiary/aromatic N) is 2. The molecule has 2 heterocycles. The summed E-state index contributed by atoms with van der Waals surface area (Å²) in [5.74, 6) is -1.46. The van der Waals surface area contributed by atoms with Crippen molar-refractivity contribution in [2.24, 2.45) is 0 Å². The Hall–Kier alpha value is -3.94. The van der Waals surface area contributed by atoms with Gasteiger partial charge in [0.1, 0.15) is 18.8 Å². The summed E-state index contributed by atoms with van der Waals surface area (Å²) in [6, 6.07) is 16.3. The lowest BCUT2D eigenvalue weighted by molar-refractivity contribution is -0.134. The van der Waals surface area contributed by atoms with Crippen molar-refractivity contribution in [1.82, 2.24) is 20.1 Å². The molecule has 4 amide bonds. The average molecular weight is 447 g/mol. The molecule has 170 valence electrons. The monoisotopic (exact) mass is 446 g/mol. The number of aromatic nitrogens is 1. The Morgan fingerprint density at radius 1 is 1.06 bits per heavy atom. The minimum absolute atomic E-state index is 0.0159. The average Bonchev–Trinajstić information content (AvgIpc) is 3.19. The molecule has 8 heteroatoms. The Balaban J connectivity index is 1.36. The normalized spacial score (nSPS) is 14.2. The van der Waals surface area contributed by atoms with Gasteiger partial charge in [0.05, 0.1) is 0 Å². The molecule has 0 aliphatic carbocycles. The predicted molar refractivity (Wildman–Crippen MR) is 123 cm³/mol. The molecule has 1 aliphatic heterocycles. The predicted octanol–water partition coefficient (Wildman–Crippen LogP) is 2.47. The summed E-state index contributed by atoms with van der Waals surface area (Å²) >= 11 is 0. The molecule has 0 saturated heterocycles. The first kappa shape index (κ1) is 22.3. The van der Waals surface area contributed by atoms with Gasteiger partial charge in [-0.25, -0.2) is 0 Å². The lowest BCUT2D eigenvalue weighted by Gasteiger charge is -2.26. The zero-order valence-electron chi connectivity index (χ0n) is 18.6. The van der Waals surface area contributed by atoms with E-state index in [1.807, 2.05) is 38.1 Å². The fraction of sp³-hybridized carbons (Fsp3) is 0.280. The maximum absolute atomic E-state index is 12.9. The van der Waals surface area contributed by atoms with Crippen LogP contribution in [0.15, 0.2) is 54.6 Å². The van der Waals surface area contributed by atoms with E-state index in [9.17, 15) is 19.2 Å². The van der Waals surface area contributed by atoms with Gasteiger partial charge < -0.3 is 15.2 Å². The number of amides is 4. The number of hydrogen-bond acceptors (Lipinski definition) is 4. The molecule has 1 aliphatic rings. The van der Waals surface area contributed by atoms with Crippen LogP contribution in [0.5, 0.6) is 0 Å². The fourth-order valence-corrected chi connectivity index (χ4v) is 3.77. The van der Waals surface area contributed by atoms with Crippen LogP contribution in [0.2, 0.25) is 0 Å². The molecule has 0 bridgehead atoms. The summed E-state index contributed by atoms with van der Waals surface area (Å²) in [6.45, 7) is 3.85. The van der Waals surface area contributed by atoms with E-state index in [4.69, 9.17) is 0 Å². The lowest BCUT2D eigenvalue weighted by Crippen LogP contribution is -2.49. The fourth-order valence-electron chi connectivity index (χ4n) is 3.77. The van der Waals surface area contributed by atoms with Gasteiger partial charge in [0.25, 0.3) is 11.8 Å². The van der Waals surface area contributed by atoms with Crippen molar-refractivity contribution >= 4 is 34.5 Å². The molecular formula is C25H26N4O4. The molecule has 33 heavy (non-hydrogen) atoms. The van der Waals surface area contributed by atoms with Gasteiger partial charge in [-0.1, -0.05) is 37.3 Å². The third-order valence-corrected chi connectivity index (χ3v) is 5.87. The lowest BCUT2D eigenvalue weighted by atomic mass is 10.1. The molecule has 0 spiro atoms. The maximum atomic E-state index is 12.9. The third-order valence-electron chi connectivity index (χ3n) is 5.87. The van der Waals surface area contributed by atoms with Crippen LogP contribution in [0.4, 0.5) is 0 Å². The molecule has 0 saturated carbocycles. The van der Waals surface area contributed by atoms with Gasteiger partial charge in [-0.3, -0.25) is 24.1 Å². The van der Waals surface area contributed by atoms with E-state index in [1.165, 1.54) is 0 Å². The summed E-state index contributed by atoms with van der Waals surface area (Å²) in [4.78, 5) is 51.1. The molecule has 3 aromatic rings. The second kappa shape index (κ2) is 9.28. The van der Waals surface area contributed by atoms with Crippen molar-refractivity contribution in [2.45, 2.75) is 39.4 Å². The molecule has 1 aromatic heterocycles. The molecule has 8 nitrogen and oxygen atoms in total. The minimum Gasteiger partial charge on any atom is -0.350 e. The first-order chi connectivity index (χ1) is 15.9. The number of carbonyl (C=O) groups is 4. The Labute approximate surface area is 191 Å². The summed E-state index contributed by atoms with van der Waals surface area (Å²) in [5, 5.41) is 6.52. The number of carbonyl (C=O) groups excluding carboxylic acids is 4. The highest BCUT2D eigenvalue weighted by Gasteiger charge is 2.33. The number of imide groups is 1. The number of rotatable bonds is 7. The highest BCUT2D eigenvalue weighted by atomic mass is 16.2. The maximum Gasteiger partial charge on any atom is 0.277 e. The zero-order chi connectivity index (χ0) is 23.5. The molecule has 1 atom stereocenters. The quantitative estimate of drug-likeness (QED) is 0.545. The number of para-hydroxylation sites is 1. The largest absolute Gasteiger partial charge is 0.350 e. The Morgan fingerprint density at radius 3 is 2.52 bits per heavy atom. The van der Waals surface area contributed by atoms with Crippen LogP contribution in [0, 0.1) is 0 Å². The second-order valence-electron chi connectivity index (χ2n) is 8.22. The van der Waals surface area contributed by atoms with Gasteiger partial charge in [-0.05, 0) is 43.2 Å². The number of nitrogens with one attached hydrogen (secondary N) is 2. The second-order valence-corrected chi connectivity index (χ2v) is 8.22. The minimum atomic E-state index is -0.478. The highest BCUT2D eigenvalue weighted by Crippen LogP contribution is 2.24. The SMILES string of the molecule is CCC(C)NC(=O)c1ccc(CNC(=O)CN2C(=O)Cn3c(cc4ccccc43)C2=O)cc1. The molecular weight excluding hydrogens is 420 g/mol. The number of benzene rings is 2. The van der Waals surface area contributed by atoms with E-state index in [2.05, 4.69) is 10.6 Å². The topological polar surface area (TPSA) is 101 Å². The van der Waals surface area contributed by atoms with E-state index in [-0.39, 0.29) is 31.6 Å². The third kappa shape index (κ3) is 4.64. The summed E-state index contributed by atoms with van der Waals surface area (Å²) in [6.07, 6.45) is 0.847. The van der Waals surface area contributed by atoms with Crippen molar-refractivity contribution in [1.29, 1.82) is 0 Å². The Kier molecular flexibility index (Phi) is 6.26. The molecule has 1 unspecified atom stereocenters. The summed E-state index contributed by atoms with van der Waals surface area (Å²) < 4.78 is 1.69. The summed E-state index contributed by atoms with van der Waals surface area (Å²) in [7, 11) is 0. The van der Waals surface area contributed by atoms with E-state index >= 15 is 0 Å². The van der Waals surface area contributed by atoms with Crippen molar-refractivity contribution in [3.8, 4) is 0 Å². The van der Waals surface area contributed by atoms with Crippen LogP contribution in [0.1, 0.15) is 46.7 Å². The smallest absolute Gasteiger partial charge is 0.277 e. The van der Waals surface area contributed by atoms with Crippen molar-refractivity contribution in [3.63, 3.8) is 0 Å². The van der Waals surface area contributed by atoms with Crippen molar-refractivity contribution in [3.05, 3.63) is 71.4 Å². The van der Waals surface area contributed by atoms with Gasteiger partial charge in [-0.2, -0.15) is 0 Å². The standard InChI is InChI=1S/C25H26N4O4/c1-3-16(2)27-24(32)18-10-8-17(9-11-18)13-26-22(30)14-29-23(31)15-28-20-7-5-4-6-19(20)12-21(28)25(29)33/h4-12,16H,3,13-15H2,1-2H3,(H,26,30)(H,27,32). The molecule has 4 rings (SSSR count). The molecule has 2 aromatic carbocycles. The van der Waals surface area contributed by atoms with Gasteiger partial charge in [0.15, 0.2) is 0 Å². The van der Waals surface area contributed by atoms with Crippen molar-refractivity contribution < 1.29 is 19.2 Å². The van der Waals surface area contributed by atoms with Crippen LogP contribution in [0.25, 0.3) is 10.9 Å². The first-order valence-electron chi connectivity index (χ1n) is 11.0. The Morgan fingerprint density at radius 2 is 1.79 bits per heavy atom. The van der Waals surface area contributed by atoms with Gasteiger partial charge in [0, 0.05) is 29.1 Å². The van der Waals surface area contributed by atoms with E-state index in [0.29, 0.717) is 11.3 Å². The van der Waals surface area contributed by atoms with Crippen LogP contribution in [-0.4, -0.2) is 45.7 Å². The van der Waals surface area contributed by atoms with Crippen LogP contribution in [0.3, 0.4) is 0 Å². The van der Waals surface area contributed by atoms with Crippen LogP contribution < -0.4 is 10.6 Å². The van der Waals surface area contributed by atoms with Gasteiger partial charge in [-0.15, -0.1) is 0 Å². The van der Waals surface area contributed by atoms with Gasteiger partial charge >= 0.3 is 0 Å². The first-order valence-corrected chi connectivity index (χ1v) is 11.0. The highest BCUT2D eigenvalue weighted by molar-refractivity contribution is 6.11. The van der Waals surface area contributed by atoms with Crippen LogP contribution in [-0.2, 0) is 22.7 Å². The van der Waals surface area contributed by atoms with Crippen LogP contribution >= 0.6 is 0 Å². The van der Waals surface area contributed by atoms with E-state index in [1.54, 1.807) is 34.9 Å². The number of fused-ring (bicyclic) bond motifs is 3. The molecule has 0 radical (unpaired) electrons. The molecule has 2 N–H and O–H groups in total. The zero-order valence-corrected chi connectivity index (χ0v) is 18.6. The van der Waals surface area contributed by atoms with E-state index < -0.39 is 17.7 Å². The summed E-state index contributed by atoms with van der Waals surface area (Å²) in [5.41, 5.74) is 2.57. The van der Waals surface area contributed by atoms with Gasteiger partial charge in [0.2, 0.25) is 11.8 Å². The molecule has 0 fully saturated rings. The van der Waals surface area contributed by atoms with Crippen molar-refractivity contribution in [2.75, 3.05) is 6.54 Å². The Bertz CT molecular complexity index is 1230. The number of hydrogen-bond donors (Lipinski definition) is 2. The van der Waals surface area contributed by atoms with E-state index in [0.717, 1.165) is 27.8 Å².